The minimum Gasteiger partial charge on any atom is -0.481 e. The lowest BCUT2D eigenvalue weighted by molar-refractivity contribution is 0.399. The van der Waals surface area contributed by atoms with Crippen molar-refractivity contribution in [1.82, 2.24) is 14.5 Å². The van der Waals surface area contributed by atoms with Gasteiger partial charge in [0, 0.05) is 12.6 Å². The highest BCUT2D eigenvalue weighted by Gasteiger charge is 2.10. The highest BCUT2D eigenvalue weighted by molar-refractivity contribution is 6.58. The third kappa shape index (κ3) is 2.74. The van der Waals surface area contributed by atoms with Crippen molar-refractivity contribution in [3.8, 4) is 5.88 Å². The number of imidazole rings is 1. The van der Waals surface area contributed by atoms with Crippen LogP contribution in [0.3, 0.4) is 0 Å². The van der Waals surface area contributed by atoms with E-state index >= 15 is 0 Å². The number of methoxy groups -OCH3 is 1. The Labute approximate surface area is 121 Å². The molecular formula is C14H14BN3O3. The zero-order valence-corrected chi connectivity index (χ0v) is 11.5. The summed E-state index contributed by atoms with van der Waals surface area (Å²) in [5.41, 5.74) is 3.06. The number of benzene rings is 1. The highest BCUT2D eigenvalue weighted by Crippen LogP contribution is 2.16. The van der Waals surface area contributed by atoms with E-state index in [2.05, 4.69) is 9.97 Å². The van der Waals surface area contributed by atoms with Crippen molar-refractivity contribution in [3.05, 3.63) is 48.3 Å². The summed E-state index contributed by atoms with van der Waals surface area (Å²) in [6.45, 7) is 0.631. The van der Waals surface area contributed by atoms with Gasteiger partial charge in [-0.25, -0.2) is 4.98 Å². The van der Waals surface area contributed by atoms with Gasteiger partial charge in [0.15, 0.2) is 5.65 Å². The smallest absolute Gasteiger partial charge is 0.481 e. The number of hydrogen-bond acceptors (Lipinski definition) is 5. The third-order valence-corrected chi connectivity index (χ3v) is 3.30. The van der Waals surface area contributed by atoms with Gasteiger partial charge in [0.1, 0.15) is 0 Å². The summed E-state index contributed by atoms with van der Waals surface area (Å²) < 4.78 is 7.06. The molecule has 0 unspecified atom stereocenters. The summed E-state index contributed by atoms with van der Waals surface area (Å²) >= 11 is 0. The number of pyridine rings is 1. The van der Waals surface area contributed by atoms with Crippen LogP contribution in [-0.2, 0) is 6.54 Å². The Balaban J connectivity index is 1.87. The van der Waals surface area contributed by atoms with Crippen molar-refractivity contribution in [2.45, 2.75) is 6.54 Å². The predicted octanol–water partition coefficient (Wildman–Crippen LogP) is 0.168. The van der Waals surface area contributed by atoms with E-state index in [0.717, 1.165) is 11.1 Å². The number of rotatable bonds is 4. The Bertz CT molecular complexity index is 756. The van der Waals surface area contributed by atoms with Crippen molar-refractivity contribution in [2.75, 3.05) is 7.11 Å². The van der Waals surface area contributed by atoms with Crippen LogP contribution in [0.25, 0.3) is 11.2 Å². The second-order valence-corrected chi connectivity index (χ2v) is 4.68. The average Bonchev–Trinajstić information content (AvgIpc) is 2.90. The predicted molar refractivity (Wildman–Crippen MR) is 79.4 cm³/mol. The Kier molecular flexibility index (Phi) is 3.59. The molecule has 0 atom stereocenters. The van der Waals surface area contributed by atoms with Gasteiger partial charge >= 0.3 is 7.12 Å². The van der Waals surface area contributed by atoms with E-state index in [0.29, 0.717) is 23.5 Å². The van der Waals surface area contributed by atoms with E-state index in [-0.39, 0.29) is 0 Å². The van der Waals surface area contributed by atoms with E-state index in [4.69, 9.17) is 14.8 Å². The highest BCUT2D eigenvalue weighted by atomic mass is 16.5. The number of aromatic nitrogens is 3. The average molecular weight is 283 g/mol. The molecule has 0 aliphatic heterocycles. The molecule has 0 aliphatic rings. The van der Waals surface area contributed by atoms with Gasteiger partial charge in [0.2, 0.25) is 5.88 Å². The normalized spacial score (nSPS) is 10.8. The monoisotopic (exact) mass is 283 g/mol. The van der Waals surface area contributed by atoms with E-state index in [1.54, 1.807) is 31.6 Å². The molecule has 3 rings (SSSR count). The van der Waals surface area contributed by atoms with Crippen LogP contribution in [0.4, 0.5) is 0 Å². The van der Waals surface area contributed by atoms with Crippen LogP contribution in [0.2, 0.25) is 0 Å². The maximum Gasteiger partial charge on any atom is 0.488 e. The molecule has 3 aromatic rings. The standard InChI is InChI=1S/C14H14BN3O3/c1-21-13-7-6-12-14(17-13)16-9-18(12)8-10-2-4-11(5-3-10)15(19)20/h2-7,9,19-20H,8H2,1H3. The second-order valence-electron chi connectivity index (χ2n) is 4.68. The van der Waals surface area contributed by atoms with Crippen LogP contribution in [-0.4, -0.2) is 38.8 Å². The van der Waals surface area contributed by atoms with Crippen molar-refractivity contribution in [3.63, 3.8) is 0 Å². The molecule has 0 saturated heterocycles. The molecule has 0 saturated carbocycles. The third-order valence-electron chi connectivity index (χ3n) is 3.30. The summed E-state index contributed by atoms with van der Waals surface area (Å²) in [7, 11) is 0.132. The van der Waals surface area contributed by atoms with Crippen molar-refractivity contribution in [2.24, 2.45) is 0 Å². The first-order valence-electron chi connectivity index (χ1n) is 6.48. The molecule has 7 heteroatoms. The maximum atomic E-state index is 9.08. The van der Waals surface area contributed by atoms with Gasteiger partial charge in [-0.2, -0.15) is 4.98 Å². The molecule has 0 radical (unpaired) electrons. The molecule has 21 heavy (non-hydrogen) atoms. The van der Waals surface area contributed by atoms with Gasteiger partial charge in [-0.05, 0) is 17.1 Å². The Morgan fingerprint density at radius 3 is 2.57 bits per heavy atom. The summed E-state index contributed by atoms with van der Waals surface area (Å²) in [4.78, 5) is 8.53. The van der Waals surface area contributed by atoms with E-state index in [1.807, 2.05) is 22.8 Å². The summed E-state index contributed by atoms with van der Waals surface area (Å²) in [6, 6.07) is 10.8. The summed E-state index contributed by atoms with van der Waals surface area (Å²) in [5, 5.41) is 18.2. The van der Waals surface area contributed by atoms with Crippen LogP contribution in [0, 0.1) is 0 Å². The Morgan fingerprint density at radius 1 is 1.14 bits per heavy atom. The molecule has 0 bridgehead atoms. The Morgan fingerprint density at radius 2 is 1.90 bits per heavy atom. The van der Waals surface area contributed by atoms with Gasteiger partial charge < -0.3 is 19.4 Å². The lowest BCUT2D eigenvalue weighted by Crippen LogP contribution is -2.29. The number of nitrogens with zero attached hydrogens (tertiary/aromatic N) is 3. The zero-order chi connectivity index (χ0) is 14.8. The lowest BCUT2D eigenvalue weighted by Gasteiger charge is -2.06. The van der Waals surface area contributed by atoms with E-state index in [1.165, 1.54) is 0 Å². The topological polar surface area (TPSA) is 80.4 Å². The molecule has 0 fully saturated rings. The molecule has 2 aromatic heterocycles. The molecule has 6 nitrogen and oxygen atoms in total. The van der Waals surface area contributed by atoms with Gasteiger partial charge in [-0.3, -0.25) is 0 Å². The number of fused-ring (bicyclic) bond motifs is 1. The molecule has 2 N–H and O–H groups in total. The first-order valence-corrected chi connectivity index (χ1v) is 6.48. The molecule has 0 amide bonds. The fourth-order valence-electron chi connectivity index (χ4n) is 2.16. The van der Waals surface area contributed by atoms with Crippen LogP contribution in [0.1, 0.15) is 5.56 Å². The fraction of sp³-hybridized carbons (Fsp3) is 0.143. The van der Waals surface area contributed by atoms with Crippen LogP contribution >= 0.6 is 0 Å². The van der Waals surface area contributed by atoms with Gasteiger partial charge in [0.05, 0.1) is 19.0 Å². The lowest BCUT2D eigenvalue weighted by atomic mass is 9.80. The maximum absolute atomic E-state index is 9.08. The molecule has 0 aliphatic carbocycles. The minimum absolute atomic E-state index is 0.473. The van der Waals surface area contributed by atoms with Gasteiger partial charge in [0.25, 0.3) is 0 Å². The number of hydrogen-bond donors (Lipinski definition) is 2. The first kappa shape index (κ1) is 13.6. The zero-order valence-electron chi connectivity index (χ0n) is 11.5. The fourth-order valence-corrected chi connectivity index (χ4v) is 2.16. The van der Waals surface area contributed by atoms with Crippen molar-refractivity contribution in [1.29, 1.82) is 0 Å². The summed E-state index contributed by atoms with van der Waals surface area (Å²) in [5.74, 6) is 0.536. The van der Waals surface area contributed by atoms with E-state index < -0.39 is 7.12 Å². The van der Waals surface area contributed by atoms with Crippen molar-refractivity contribution >= 4 is 23.7 Å². The second kappa shape index (κ2) is 5.55. The molecule has 1 aromatic carbocycles. The molecule has 2 heterocycles. The molecular weight excluding hydrogens is 269 g/mol. The molecule has 106 valence electrons. The largest absolute Gasteiger partial charge is 0.488 e. The van der Waals surface area contributed by atoms with Crippen LogP contribution < -0.4 is 10.2 Å². The SMILES string of the molecule is COc1ccc2c(ncn2Cc2ccc(B(O)O)cc2)n1. The minimum atomic E-state index is -1.44. The molecule has 0 spiro atoms. The van der Waals surface area contributed by atoms with Crippen LogP contribution in [0.5, 0.6) is 5.88 Å². The Hall–Kier alpha value is -2.38. The van der Waals surface area contributed by atoms with Gasteiger partial charge in [-0.15, -0.1) is 0 Å². The van der Waals surface area contributed by atoms with E-state index in [9.17, 15) is 0 Å². The quantitative estimate of drug-likeness (QED) is 0.667. The summed E-state index contributed by atoms with van der Waals surface area (Å²) in [6.07, 6.45) is 1.73. The van der Waals surface area contributed by atoms with Crippen LogP contribution in [0.15, 0.2) is 42.7 Å². The van der Waals surface area contributed by atoms with Gasteiger partial charge in [-0.1, -0.05) is 24.3 Å². The first-order chi connectivity index (χ1) is 10.2. The van der Waals surface area contributed by atoms with Crippen molar-refractivity contribution < 1.29 is 14.8 Å². The number of ether oxygens (including phenoxy) is 1.